The van der Waals surface area contributed by atoms with Crippen LogP contribution in [0.25, 0.3) is 0 Å². The average molecular weight is 322 g/mol. The Morgan fingerprint density at radius 3 is 2.23 bits per heavy atom. The molecule has 7 heteroatoms. The molecule has 0 amide bonds. The lowest BCUT2D eigenvalue weighted by Crippen LogP contribution is -2.09. The number of carbonyl (C=O) groups is 1. The van der Waals surface area contributed by atoms with Crippen LogP contribution in [0.3, 0.4) is 0 Å². The van der Waals surface area contributed by atoms with Gasteiger partial charge in [-0.3, -0.25) is 4.79 Å². The minimum Gasteiger partial charge on any atom is -0.493 e. The lowest BCUT2D eigenvalue weighted by molar-refractivity contribution is 0.103. The molecule has 118 valence electrons. The van der Waals surface area contributed by atoms with Crippen molar-refractivity contribution in [1.82, 2.24) is 9.78 Å². The van der Waals surface area contributed by atoms with Gasteiger partial charge in [-0.2, -0.15) is 5.10 Å². The minimum absolute atomic E-state index is 0.136. The molecule has 0 fully saturated rings. The zero-order valence-electron chi connectivity index (χ0n) is 13.1. The van der Waals surface area contributed by atoms with Crippen LogP contribution in [0.5, 0.6) is 5.88 Å². The van der Waals surface area contributed by atoms with Gasteiger partial charge in [-0.1, -0.05) is 0 Å². The monoisotopic (exact) mass is 322 g/mol. The molecule has 0 atom stereocenters. The molecule has 6 nitrogen and oxygen atoms in total. The second kappa shape index (κ2) is 5.24. The molecule has 0 aliphatic carbocycles. The zero-order chi connectivity index (χ0) is 16.8. The maximum atomic E-state index is 12.7. The van der Waals surface area contributed by atoms with Gasteiger partial charge in [0.05, 0.1) is 10.6 Å². The van der Waals surface area contributed by atoms with Gasteiger partial charge in [0, 0.05) is 18.9 Å². The minimum atomic E-state index is -3.35. The Morgan fingerprint density at radius 2 is 1.77 bits per heavy atom. The van der Waals surface area contributed by atoms with Crippen molar-refractivity contribution >= 4 is 15.6 Å². The maximum Gasteiger partial charge on any atom is 0.220 e. The van der Waals surface area contributed by atoms with Gasteiger partial charge in [0.15, 0.2) is 9.84 Å². The highest BCUT2D eigenvalue weighted by molar-refractivity contribution is 7.90. The molecule has 0 aliphatic heterocycles. The number of ketones is 1. The Kier molecular flexibility index (Phi) is 3.87. The second-order valence-corrected chi connectivity index (χ2v) is 7.35. The highest BCUT2D eigenvalue weighted by Gasteiger charge is 2.24. The van der Waals surface area contributed by atoms with E-state index in [1.54, 1.807) is 27.8 Å². The Balaban J connectivity index is 2.64. The lowest BCUT2D eigenvalue weighted by Gasteiger charge is -2.11. The number of aromatic nitrogens is 2. The van der Waals surface area contributed by atoms with Crippen LogP contribution in [-0.4, -0.2) is 35.3 Å². The van der Waals surface area contributed by atoms with Crippen molar-refractivity contribution in [3.63, 3.8) is 0 Å². The van der Waals surface area contributed by atoms with E-state index in [0.717, 1.165) is 6.26 Å². The quantitative estimate of drug-likeness (QED) is 0.869. The summed E-state index contributed by atoms with van der Waals surface area (Å²) in [5.41, 5.74) is 2.03. The van der Waals surface area contributed by atoms with Gasteiger partial charge in [-0.05, 0) is 44.0 Å². The summed E-state index contributed by atoms with van der Waals surface area (Å²) < 4.78 is 24.7. The molecule has 0 unspecified atom stereocenters. The standard InChI is InChI=1S/C15H18N2O4S/c1-8-9(2)12(22(5,20)21)7-6-11(8)14(18)13-10(3)16-17(4)15(13)19/h6-7,19H,1-5H3. The Bertz CT molecular complexity index is 879. The number of hydrogen-bond donors (Lipinski definition) is 1. The van der Waals surface area contributed by atoms with Crippen LogP contribution in [0.15, 0.2) is 17.0 Å². The summed E-state index contributed by atoms with van der Waals surface area (Å²) in [7, 11) is -1.81. The van der Waals surface area contributed by atoms with Crippen LogP contribution in [0.1, 0.15) is 32.7 Å². The van der Waals surface area contributed by atoms with Gasteiger partial charge in [-0.25, -0.2) is 13.1 Å². The van der Waals surface area contributed by atoms with Gasteiger partial charge < -0.3 is 5.11 Å². The van der Waals surface area contributed by atoms with Crippen molar-refractivity contribution in [2.75, 3.05) is 6.26 Å². The fourth-order valence-electron chi connectivity index (χ4n) is 2.49. The number of hydrogen-bond acceptors (Lipinski definition) is 5. The van der Waals surface area contributed by atoms with Crippen LogP contribution in [0.2, 0.25) is 0 Å². The molecular weight excluding hydrogens is 304 g/mol. The molecule has 22 heavy (non-hydrogen) atoms. The number of sulfone groups is 1. The maximum absolute atomic E-state index is 12.7. The Hall–Kier alpha value is -2.15. The van der Waals surface area contributed by atoms with Gasteiger partial charge in [0.2, 0.25) is 11.7 Å². The molecule has 1 N–H and O–H groups in total. The predicted molar refractivity (Wildman–Crippen MR) is 82.1 cm³/mol. The van der Waals surface area contributed by atoms with E-state index < -0.39 is 9.84 Å². The van der Waals surface area contributed by atoms with Crippen molar-refractivity contribution in [3.05, 3.63) is 40.1 Å². The molecule has 2 aromatic rings. The van der Waals surface area contributed by atoms with Crippen molar-refractivity contribution in [2.45, 2.75) is 25.7 Å². The summed E-state index contributed by atoms with van der Waals surface area (Å²) >= 11 is 0. The van der Waals surface area contributed by atoms with E-state index in [1.165, 1.54) is 16.8 Å². The number of aromatic hydroxyl groups is 1. The van der Waals surface area contributed by atoms with Gasteiger partial charge in [0.25, 0.3) is 0 Å². The van der Waals surface area contributed by atoms with Crippen LogP contribution < -0.4 is 0 Å². The number of rotatable bonds is 3. The van der Waals surface area contributed by atoms with Crippen LogP contribution in [0, 0.1) is 20.8 Å². The molecule has 0 radical (unpaired) electrons. The lowest BCUT2D eigenvalue weighted by atomic mass is 9.96. The van der Waals surface area contributed by atoms with Crippen LogP contribution in [-0.2, 0) is 16.9 Å². The van der Waals surface area contributed by atoms with Crippen molar-refractivity contribution < 1.29 is 18.3 Å². The molecule has 1 aromatic heterocycles. The van der Waals surface area contributed by atoms with Crippen LogP contribution in [0.4, 0.5) is 0 Å². The first-order chi connectivity index (χ1) is 10.1. The topological polar surface area (TPSA) is 89.3 Å². The highest BCUT2D eigenvalue weighted by Crippen LogP contribution is 2.28. The Labute approximate surface area is 129 Å². The number of nitrogens with zero attached hydrogens (tertiary/aromatic N) is 2. The summed E-state index contributed by atoms with van der Waals surface area (Å²) in [5.74, 6) is -0.574. The highest BCUT2D eigenvalue weighted by atomic mass is 32.2. The smallest absolute Gasteiger partial charge is 0.220 e. The van der Waals surface area contributed by atoms with E-state index in [-0.39, 0.29) is 22.1 Å². The largest absolute Gasteiger partial charge is 0.493 e. The third kappa shape index (κ3) is 2.52. The number of benzene rings is 1. The summed E-state index contributed by atoms with van der Waals surface area (Å²) in [4.78, 5) is 12.9. The van der Waals surface area contributed by atoms with Gasteiger partial charge in [0.1, 0.15) is 5.56 Å². The van der Waals surface area contributed by atoms with E-state index in [1.807, 2.05) is 0 Å². The van der Waals surface area contributed by atoms with E-state index >= 15 is 0 Å². The van der Waals surface area contributed by atoms with Crippen molar-refractivity contribution in [2.24, 2.45) is 7.05 Å². The van der Waals surface area contributed by atoms with Crippen molar-refractivity contribution in [1.29, 1.82) is 0 Å². The molecule has 1 aromatic carbocycles. The first-order valence-electron chi connectivity index (χ1n) is 6.63. The molecule has 0 aliphatic rings. The Morgan fingerprint density at radius 1 is 1.18 bits per heavy atom. The summed E-state index contributed by atoms with van der Waals surface area (Å²) in [6.45, 7) is 5.00. The van der Waals surface area contributed by atoms with E-state index in [2.05, 4.69) is 5.10 Å². The van der Waals surface area contributed by atoms with E-state index in [9.17, 15) is 18.3 Å². The molecule has 0 spiro atoms. The third-order valence-electron chi connectivity index (χ3n) is 3.80. The molecular formula is C15H18N2O4S. The summed E-state index contributed by atoms with van der Waals surface area (Å²) in [6.07, 6.45) is 1.13. The molecule has 1 heterocycles. The SMILES string of the molecule is Cc1nn(C)c(O)c1C(=O)c1ccc(S(C)(=O)=O)c(C)c1C. The number of aryl methyl sites for hydroxylation is 2. The van der Waals surface area contributed by atoms with Crippen LogP contribution >= 0.6 is 0 Å². The molecule has 0 saturated heterocycles. The first-order valence-corrected chi connectivity index (χ1v) is 8.52. The summed E-state index contributed by atoms with van der Waals surface area (Å²) in [5, 5.41) is 14.0. The first kappa shape index (κ1) is 16.2. The predicted octanol–water partition coefficient (Wildman–Crippen LogP) is 1.69. The molecule has 0 bridgehead atoms. The normalized spacial score (nSPS) is 11.7. The molecule has 2 rings (SSSR count). The number of carbonyl (C=O) groups excluding carboxylic acids is 1. The third-order valence-corrected chi connectivity index (χ3v) is 5.04. The fourth-order valence-corrected chi connectivity index (χ4v) is 3.51. The van der Waals surface area contributed by atoms with E-state index in [4.69, 9.17) is 0 Å². The molecule has 0 saturated carbocycles. The zero-order valence-corrected chi connectivity index (χ0v) is 13.9. The van der Waals surface area contributed by atoms with Gasteiger partial charge >= 0.3 is 0 Å². The summed E-state index contributed by atoms with van der Waals surface area (Å²) in [6, 6.07) is 2.90. The fraction of sp³-hybridized carbons (Fsp3) is 0.333. The average Bonchev–Trinajstić information content (AvgIpc) is 2.64. The second-order valence-electron chi connectivity index (χ2n) is 5.37. The van der Waals surface area contributed by atoms with Gasteiger partial charge in [-0.15, -0.1) is 0 Å². The van der Waals surface area contributed by atoms with E-state index in [0.29, 0.717) is 22.4 Å². The van der Waals surface area contributed by atoms with Crippen molar-refractivity contribution in [3.8, 4) is 5.88 Å².